The molecule has 0 aliphatic rings. The number of halogens is 1. The molecule has 0 unspecified atom stereocenters. The van der Waals surface area contributed by atoms with Crippen LogP contribution in [0.2, 0.25) is 0 Å². The van der Waals surface area contributed by atoms with Crippen molar-refractivity contribution in [1.29, 1.82) is 0 Å². The molecule has 1 aromatic carbocycles. The molecule has 4 heteroatoms. The number of nitrogens with zero attached hydrogens (tertiary/aromatic N) is 3. The molecule has 0 saturated heterocycles. The number of pyridine rings is 1. The van der Waals surface area contributed by atoms with Gasteiger partial charge in [-0.05, 0) is 50.2 Å². The maximum Gasteiger partial charge on any atom is 0.141 e. The van der Waals surface area contributed by atoms with Gasteiger partial charge in [-0.25, -0.2) is 9.37 Å². The third kappa shape index (κ3) is 2.70. The maximum atomic E-state index is 13.0. The van der Waals surface area contributed by atoms with Crippen molar-refractivity contribution in [3.63, 3.8) is 0 Å². The molecule has 0 bridgehead atoms. The molecule has 0 radical (unpaired) electrons. The van der Waals surface area contributed by atoms with Gasteiger partial charge in [0.15, 0.2) is 0 Å². The van der Waals surface area contributed by atoms with Gasteiger partial charge in [-0.3, -0.25) is 4.98 Å². The van der Waals surface area contributed by atoms with Crippen LogP contribution >= 0.6 is 0 Å². The average molecular weight is 281 g/mol. The summed E-state index contributed by atoms with van der Waals surface area (Å²) >= 11 is 0. The Bertz CT molecular complexity index is 730. The van der Waals surface area contributed by atoms with Crippen LogP contribution in [-0.4, -0.2) is 14.5 Å². The van der Waals surface area contributed by atoms with E-state index in [4.69, 9.17) is 4.98 Å². The Balaban J connectivity index is 2.11. The lowest BCUT2D eigenvalue weighted by Gasteiger charge is -2.10. The fourth-order valence-electron chi connectivity index (χ4n) is 2.26. The first kappa shape index (κ1) is 13.5. The largest absolute Gasteiger partial charge is 0.328 e. The van der Waals surface area contributed by atoms with E-state index in [1.807, 2.05) is 18.3 Å². The van der Waals surface area contributed by atoms with Gasteiger partial charge in [0.05, 0.1) is 5.69 Å². The molecule has 0 spiro atoms. The minimum atomic E-state index is -0.239. The summed E-state index contributed by atoms with van der Waals surface area (Å²) in [7, 11) is 0. The van der Waals surface area contributed by atoms with Crippen molar-refractivity contribution in [3.8, 4) is 22.6 Å². The monoisotopic (exact) mass is 281 g/mol. The average Bonchev–Trinajstić information content (AvgIpc) is 2.94. The Morgan fingerprint density at radius 3 is 2.24 bits per heavy atom. The lowest BCUT2D eigenvalue weighted by molar-refractivity contribution is 0.606. The van der Waals surface area contributed by atoms with Crippen molar-refractivity contribution in [2.45, 2.75) is 19.9 Å². The predicted octanol–water partition coefficient (Wildman–Crippen LogP) is 4.33. The fourth-order valence-corrected chi connectivity index (χ4v) is 2.26. The summed E-state index contributed by atoms with van der Waals surface area (Å²) in [6, 6.07) is 10.6. The number of aromatic nitrogens is 3. The Morgan fingerprint density at radius 1 is 0.952 bits per heavy atom. The highest BCUT2D eigenvalue weighted by atomic mass is 19.1. The predicted molar refractivity (Wildman–Crippen MR) is 81.2 cm³/mol. The lowest BCUT2D eigenvalue weighted by atomic mass is 10.2. The van der Waals surface area contributed by atoms with E-state index < -0.39 is 0 Å². The SMILES string of the molecule is CC(C)n1cc(-c2ccc(F)cc2)nc1-c1ccncc1. The van der Waals surface area contributed by atoms with Crippen molar-refractivity contribution in [1.82, 2.24) is 14.5 Å². The molecule has 3 nitrogen and oxygen atoms in total. The molecule has 0 aliphatic carbocycles. The van der Waals surface area contributed by atoms with Crippen molar-refractivity contribution < 1.29 is 4.39 Å². The van der Waals surface area contributed by atoms with E-state index in [9.17, 15) is 4.39 Å². The van der Waals surface area contributed by atoms with Crippen molar-refractivity contribution >= 4 is 0 Å². The standard InChI is InChI=1S/C17H16FN3/c1-12(2)21-11-16(13-3-5-15(18)6-4-13)20-17(21)14-7-9-19-10-8-14/h3-12H,1-2H3. The van der Waals surface area contributed by atoms with Gasteiger partial charge in [-0.1, -0.05) is 0 Å². The molecule has 0 amide bonds. The second-order valence-electron chi connectivity index (χ2n) is 5.19. The van der Waals surface area contributed by atoms with Gasteiger partial charge < -0.3 is 4.57 Å². The zero-order chi connectivity index (χ0) is 14.8. The normalized spacial score (nSPS) is 11.0. The topological polar surface area (TPSA) is 30.7 Å². The molecule has 0 saturated carbocycles. The van der Waals surface area contributed by atoms with E-state index in [0.29, 0.717) is 0 Å². The summed E-state index contributed by atoms with van der Waals surface area (Å²) in [4.78, 5) is 8.76. The van der Waals surface area contributed by atoms with E-state index in [2.05, 4.69) is 23.4 Å². The maximum absolute atomic E-state index is 13.0. The highest BCUT2D eigenvalue weighted by molar-refractivity contribution is 5.64. The van der Waals surface area contributed by atoms with Gasteiger partial charge in [-0.15, -0.1) is 0 Å². The molecule has 0 fully saturated rings. The van der Waals surface area contributed by atoms with E-state index in [1.165, 1.54) is 12.1 Å². The molecule has 21 heavy (non-hydrogen) atoms. The van der Waals surface area contributed by atoms with Crippen molar-refractivity contribution in [3.05, 3.63) is 60.8 Å². The lowest BCUT2D eigenvalue weighted by Crippen LogP contribution is -2.01. The van der Waals surface area contributed by atoms with Crippen LogP contribution < -0.4 is 0 Å². The van der Waals surface area contributed by atoms with Gasteiger partial charge in [0.25, 0.3) is 0 Å². The summed E-state index contributed by atoms with van der Waals surface area (Å²) in [6.45, 7) is 4.22. The van der Waals surface area contributed by atoms with Gasteiger partial charge in [0.2, 0.25) is 0 Å². The third-order valence-corrected chi connectivity index (χ3v) is 3.37. The van der Waals surface area contributed by atoms with Gasteiger partial charge in [0, 0.05) is 35.8 Å². The minimum absolute atomic E-state index is 0.239. The first-order valence-electron chi connectivity index (χ1n) is 6.90. The Hall–Kier alpha value is -2.49. The number of rotatable bonds is 3. The summed E-state index contributed by atoms with van der Waals surface area (Å²) in [5, 5.41) is 0. The van der Waals surface area contributed by atoms with Crippen LogP contribution in [0.3, 0.4) is 0 Å². The highest BCUT2D eigenvalue weighted by Gasteiger charge is 2.13. The first-order chi connectivity index (χ1) is 10.1. The summed E-state index contributed by atoms with van der Waals surface area (Å²) in [5.41, 5.74) is 2.77. The molecular weight excluding hydrogens is 265 g/mol. The van der Waals surface area contributed by atoms with E-state index in [-0.39, 0.29) is 11.9 Å². The van der Waals surface area contributed by atoms with Crippen LogP contribution in [0.5, 0.6) is 0 Å². The smallest absolute Gasteiger partial charge is 0.141 e. The quantitative estimate of drug-likeness (QED) is 0.715. The van der Waals surface area contributed by atoms with Gasteiger partial charge >= 0.3 is 0 Å². The number of hydrogen-bond acceptors (Lipinski definition) is 2. The van der Waals surface area contributed by atoms with E-state index >= 15 is 0 Å². The molecular formula is C17H16FN3. The molecule has 0 N–H and O–H groups in total. The summed E-state index contributed by atoms with van der Waals surface area (Å²) < 4.78 is 15.2. The Morgan fingerprint density at radius 2 is 1.62 bits per heavy atom. The number of benzene rings is 1. The second-order valence-corrected chi connectivity index (χ2v) is 5.19. The summed E-state index contributed by atoms with van der Waals surface area (Å²) in [6.07, 6.45) is 5.52. The van der Waals surface area contributed by atoms with Crippen molar-refractivity contribution in [2.24, 2.45) is 0 Å². The van der Waals surface area contributed by atoms with Crippen LogP contribution in [0.15, 0.2) is 55.0 Å². The Labute approximate surface area is 123 Å². The van der Waals surface area contributed by atoms with Crippen molar-refractivity contribution in [2.75, 3.05) is 0 Å². The summed E-state index contributed by atoms with van der Waals surface area (Å²) in [5.74, 6) is 0.656. The minimum Gasteiger partial charge on any atom is -0.328 e. The number of imidazole rings is 1. The third-order valence-electron chi connectivity index (χ3n) is 3.37. The fraction of sp³-hybridized carbons (Fsp3) is 0.176. The second kappa shape index (κ2) is 5.48. The van der Waals surface area contributed by atoms with Crippen LogP contribution in [0.1, 0.15) is 19.9 Å². The number of hydrogen-bond donors (Lipinski definition) is 0. The van der Waals surface area contributed by atoms with Crippen LogP contribution in [0, 0.1) is 5.82 Å². The van der Waals surface area contributed by atoms with Crippen LogP contribution in [0.4, 0.5) is 4.39 Å². The van der Waals surface area contributed by atoms with E-state index in [0.717, 1.165) is 22.6 Å². The highest BCUT2D eigenvalue weighted by Crippen LogP contribution is 2.27. The Kier molecular flexibility index (Phi) is 3.52. The molecule has 0 aliphatic heterocycles. The zero-order valence-corrected chi connectivity index (χ0v) is 12.0. The first-order valence-corrected chi connectivity index (χ1v) is 6.90. The van der Waals surface area contributed by atoms with Gasteiger partial charge in [-0.2, -0.15) is 0 Å². The zero-order valence-electron chi connectivity index (χ0n) is 12.0. The molecule has 3 rings (SSSR count). The molecule has 2 aromatic heterocycles. The van der Waals surface area contributed by atoms with Gasteiger partial charge in [0.1, 0.15) is 11.6 Å². The molecule has 2 heterocycles. The van der Waals surface area contributed by atoms with Crippen LogP contribution in [-0.2, 0) is 0 Å². The van der Waals surface area contributed by atoms with E-state index in [1.54, 1.807) is 24.5 Å². The molecule has 3 aromatic rings. The molecule has 106 valence electrons. The van der Waals surface area contributed by atoms with Crippen LogP contribution in [0.25, 0.3) is 22.6 Å². The molecule has 0 atom stereocenters.